The lowest BCUT2D eigenvalue weighted by Gasteiger charge is -2.13. The lowest BCUT2D eigenvalue weighted by atomic mass is 10.1. The zero-order chi connectivity index (χ0) is 18.8. The molecule has 5 heteroatoms. The van der Waals surface area contributed by atoms with Crippen LogP contribution in [-0.4, -0.2) is 28.6 Å². The fourth-order valence-electron chi connectivity index (χ4n) is 2.55. The molecule has 2 aromatic rings. The molecule has 0 bridgehead atoms. The molecule has 0 aliphatic rings. The second kappa shape index (κ2) is 10.5. The van der Waals surface area contributed by atoms with Gasteiger partial charge in [-0.2, -0.15) is 0 Å². The van der Waals surface area contributed by atoms with Crippen molar-refractivity contribution in [2.45, 2.75) is 59.0 Å². The molecule has 1 atom stereocenters. The molecule has 140 valence electrons. The first-order valence-electron chi connectivity index (χ1n) is 9.36. The van der Waals surface area contributed by atoms with E-state index in [1.54, 1.807) is 19.3 Å². The summed E-state index contributed by atoms with van der Waals surface area (Å²) in [6, 6.07) is 8.01. The Kier molecular flexibility index (Phi) is 8.06. The number of aromatic nitrogens is 2. The fraction of sp³-hybridized carbons (Fsp3) is 0.476. The quantitative estimate of drug-likeness (QED) is 0.460. The van der Waals surface area contributed by atoms with E-state index in [1.165, 1.54) is 12.8 Å². The normalized spacial score (nSPS) is 11.8. The third-order valence-corrected chi connectivity index (χ3v) is 4.00. The molecule has 0 N–H and O–H groups in total. The summed E-state index contributed by atoms with van der Waals surface area (Å²) in [5.74, 6) is 1.20. The number of esters is 1. The maximum Gasteiger partial charge on any atom is 0.305 e. The molecule has 1 heterocycles. The highest BCUT2D eigenvalue weighted by molar-refractivity contribution is 5.69. The number of carbonyl (C=O) groups is 1. The SMILES string of the molecule is CCCCCOc1cnc(-c2ccc(CC(C)OC(=O)CC)cc2)nc1. The van der Waals surface area contributed by atoms with Gasteiger partial charge in [-0.3, -0.25) is 4.79 Å². The number of hydrogen-bond donors (Lipinski definition) is 0. The number of benzene rings is 1. The van der Waals surface area contributed by atoms with Crippen LogP contribution in [0.3, 0.4) is 0 Å². The fourth-order valence-corrected chi connectivity index (χ4v) is 2.55. The van der Waals surface area contributed by atoms with Gasteiger partial charge in [-0.05, 0) is 18.9 Å². The first-order chi connectivity index (χ1) is 12.6. The average Bonchev–Trinajstić information content (AvgIpc) is 2.66. The number of ether oxygens (including phenoxy) is 2. The summed E-state index contributed by atoms with van der Waals surface area (Å²) in [4.78, 5) is 20.1. The third-order valence-electron chi connectivity index (χ3n) is 4.00. The van der Waals surface area contributed by atoms with Crippen molar-refractivity contribution >= 4 is 5.97 Å². The van der Waals surface area contributed by atoms with Crippen LogP contribution in [0, 0.1) is 0 Å². The van der Waals surface area contributed by atoms with E-state index in [9.17, 15) is 4.79 Å². The predicted octanol–water partition coefficient (Wildman–Crippen LogP) is 4.60. The summed E-state index contributed by atoms with van der Waals surface area (Å²) >= 11 is 0. The average molecular weight is 356 g/mol. The van der Waals surface area contributed by atoms with Crippen molar-refractivity contribution in [3.8, 4) is 17.1 Å². The van der Waals surface area contributed by atoms with Crippen LogP contribution in [0.15, 0.2) is 36.7 Å². The first-order valence-corrected chi connectivity index (χ1v) is 9.36. The molecule has 0 amide bonds. The van der Waals surface area contributed by atoms with Crippen LogP contribution in [0.5, 0.6) is 5.75 Å². The topological polar surface area (TPSA) is 61.3 Å². The molecular formula is C21H28N2O3. The molecule has 0 fully saturated rings. The Morgan fingerprint density at radius 3 is 2.38 bits per heavy atom. The van der Waals surface area contributed by atoms with Crippen molar-refractivity contribution in [1.29, 1.82) is 0 Å². The standard InChI is InChI=1S/C21H28N2O3/c1-4-6-7-12-25-19-14-22-21(23-15-19)18-10-8-17(9-11-18)13-16(3)26-20(24)5-2/h8-11,14-16H,4-7,12-13H2,1-3H3. The van der Waals surface area contributed by atoms with Gasteiger partial charge in [-0.1, -0.05) is 51.0 Å². The van der Waals surface area contributed by atoms with E-state index in [0.717, 1.165) is 17.5 Å². The van der Waals surface area contributed by atoms with Gasteiger partial charge in [0.15, 0.2) is 11.6 Å². The minimum Gasteiger partial charge on any atom is -0.490 e. The molecule has 0 radical (unpaired) electrons. The summed E-state index contributed by atoms with van der Waals surface area (Å²) in [6.07, 6.45) is 7.79. The molecule has 0 saturated heterocycles. The smallest absolute Gasteiger partial charge is 0.305 e. The van der Waals surface area contributed by atoms with Gasteiger partial charge in [0.05, 0.1) is 19.0 Å². The van der Waals surface area contributed by atoms with Crippen molar-refractivity contribution in [1.82, 2.24) is 9.97 Å². The van der Waals surface area contributed by atoms with E-state index in [4.69, 9.17) is 9.47 Å². The maximum atomic E-state index is 11.3. The van der Waals surface area contributed by atoms with Gasteiger partial charge >= 0.3 is 5.97 Å². The van der Waals surface area contributed by atoms with Gasteiger partial charge in [0, 0.05) is 18.4 Å². The second-order valence-electron chi connectivity index (χ2n) is 6.35. The Balaban J connectivity index is 1.90. The Morgan fingerprint density at radius 2 is 1.77 bits per heavy atom. The number of hydrogen-bond acceptors (Lipinski definition) is 5. The monoisotopic (exact) mass is 356 g/mol. The van der Waals surface area contributed by atoms with E-state index in [1.807, 2.05) is 31.2 Å². The van der Waals surface area contributed by atoms with E-state index in [-0.39, 0.29) is 12.1 Å². The molecule has 0 spiro atoms. The summed E-state index contributed by atoms with van der Waals surface area (Å²) in [7, 11) is 0. The Bertz CT molecular complexity index is 669. The van der Waals surface area contributed by atoms with Gasteiger partial charge in [0.2, 0.25) is 0 Å². The van der Waals surface area contributed by atoms with E-state index >= 15 is 0 Å². The number of nitrogens with zero attached hydrogens (tertiary/aromatic N) is 2. The summed E-state index contributed by atoms with van der Waals surface area (Å²) in [5, 5.41) is 0. The molecule has 0 saturated carbocycles. The Morgan fingerprint density at radius 1 is 1.08 bits per heavy atom. The summed E-state index contributed by atoms with van der Waals surface area (Å²) < 4.78 is 10.9. The van der Waals surface area contributed by atoms with Crippen LogP contribution in [-0.2, 0) is 16.0 Å². The van der Waals surface area contributed by atoms with Crippen LogP contribution in [0.4, 0.5) is 0 Å². The Hall–Kier alpha value is -2.43. The van der Waals surface area contributed by atoms with Crippen LogP contribution >= 0.6 is 0 Å². The highest BCUT2D eigenvalue weighted by Gasteiger charge is 2.09. The molecule has 5 nitrogen and oxygen atoms in total. The molecule has 0 aliphatic carbocycles. The van der Waals surface area contributed by atoms with Gasteiger partial charge in [0.1, 0.15) is 6.10 Å². The van der Waals surface area contributed by atoms with Gasteiger partial charge in [0.25, 0.3) is 0 Å². The maximum absolute atomic E-state index is 11.3. The van der Waals surface area contributed by atoms with E-state index in [0.29, 0.717) is 31.0 Å². The number of carbonyl (C=O) groups excluding carboxylic acids is 1. The molecule has 2 rings (SSSR count). The highest BCUT2D eigenvalue weighted by atomic mass is 16.5. The van der Waals surface area contributed by atoms with Crippen molar-refractivity contribution < 1.29 is 14.3 Å². The largest absolute Gasteiger partial charge is 0.490 e. The van der Waals surface area contributed by atoms with Crippen molar-refractivity contribution in [2.75, 3.05) is 6.61 Å². The van der Waals surface area contributed by atoms with E-state index in [2.05, 4.69) is 16.9 Å². The molecule has 1 aromatic heterocycles. The van der Waals surface area contributed by atoms with E-state index < -0.39 is 0 Å². The van der Waals surface area contributed by atoms with Crippen LogP contribution in [0.25, 0.3) is 11.4 Å². The third kappa shape index (κ3) is 6.47. The van der Waals surface area contributed by atoms with Crippen molar-refractivity contribution in [3.05, 3.63) is 42.2 Å². The van der Waals surface area contributed by atoms with Crippen LogP contribution < -0.4 is 4.74 Å². The minimum atomic E-state index is -0.167. The number of rotatable bonds is 10. The number of unbranched alkanes of at least 4 members (excludes halogenated alkanes) is 2. The zero-order valence-corrected chi connectivity index (χ0v) is 15.9. The van der Waals surface area contributed by atoms with Crippen molar-refractivity contribution in [2.24, 2.45) is 0 Å². The van der Waals surface area contributed by atoms with Crippen LogP contribution in [0.2, 0.25) is 0 Å². The summed E-state index contributed by atoms with van der Waals surface area (Å²) in [5.41, 5.74) is 2.06. The lowest BCUT2D eigenvalue weighted by Crippen LogP contribution is -2.16. The van der Waals surface area contributed by atoms with Crippen molar-refractivity contribution in [3.63, 3.8) is 0 Å². The molecule has 1 aromatic carbocycles. The van der Waals surface area contributed by atoms with Gasteiger partial charge in [-0.25, -0.2) is 9.97 Å². The highest BCUT2D eigenvalue weighted by Crippen LogP contribution is 2.18. The second-order valence-corrected chi connectivity index (χ2v) is 6.35. The molecule has 0 aliphatic heterocycles. The summed E-state index contributed by atoms with van der Waals surface area (Å²) in [6.45, 7) is 6.57. The zero-order valence-electron chi connectivity index (χ0n) is 15.9. The molecule has 26 heavy (non-hydrogen) atoms. The Labute approximate surface area is 155 Å². The van der Waals surface area contributed by atoms with Crippen LogP contribution in [0.1, 0.15) is 52.0 Å². The molecule has 1 unspecified atom stereocenters. The predicted molar refractivity (Wildman–Crippen MR) is 102 cm³/mol. The first kappa shape index (κ1) is 19.9. The molecular weight excluding hydrogens is 328 g/mol. The lowest BCUT2D eigenvalue weighted by molar-refractivity contribution is -0.147. The minimum absolute atomic E-state index is 0.131. The van der Waals surface area contributed by atoms with Gasteiger partial charge < -0.3 is 9.47 Å². The van der Waals surface area contributed by atoms with Gasteiger partial charge in [-0.15, -0.1) is 0 Å².